The highest BCUT2D eigenvalue weighted by Crippen LogP contribution is 2.20. The Hall–Kier alpha value is -1.32. The summed E-state index contributed by atoms with van der Waals surface area (Å²) in [5.41, 5.74) is 2.75. The molecule has 3 nitrogen and oxygen atoms in total. The van der Waals surface area contributed by atoms with Gasteiger partial charge in [0.05, 0.1) is 29.2 Å². The molecule has 0 unspecified atom stereocenters. The number of pyridine rings is 1. The van der Waals surface area contributed by atoms with Gasteiger partial charge >= 0.3 is 0 Å². The molecule has 1 aromatic heterocycles. The first kappa shape index (κ1) is 12.7. The number of likely N-dealkylation sites (tertiary alicyclic amines) is 1. The summed E-state index contributed by atoms with van der Waals surface area (Å²) >= 11 is 6.15. The van der Waals surface area contributed by atoms with E-state index < -0.39 is 0 Å². The molecule has 0 saturated carbocycles. The quantitative estimate of drug-likeness (QED) is 0.861. The van der Waals surface area contributed by atoms with Crippen molar-refractivity contribution in [1.82, 2.24) is 4.98 Å². The fourth-order valence-corrected chi connectivity index (χ4v) is 3.17. The molecular weight excluding hydrogens is 260 g/mol. The van der Waals surface area contributed by atoms with Crippen LogP contribution in [0.2, 0.25) is 5.02 Å². The third-order valence-corrected chi connectivity index (χ3v) is 4.35. The van der Waals surface area contributed by atoms with Gasteiger partial charge in [0.15, 0.2) is 5.43 Å². The van der Waals surface area contributed by atoms with E-state index in [1.54, 1.807) is 0 Å². The van der Waals surface area contributed by atoms with Crippen LogP contribution >= 0.6 is 11.6 Å². The third-order valence-electron chi connectivity index (χ3n) is 4.03. The minimum Gasteiger partial charge on any atom is -0.357 e. The van der Waals surface area contributed by atoms with E-state index in [1.165, 1.54) is 30.8 Å². The highest BCUT2D eigenvalue weighted by molar-refractivity contribution is 6.35. The van der Waals surface area contributed by atoms with E-state index >= 15 is 0 Å². The SMILES string of the molecule is Cc1[nH]c2c(Cl)cccc2c(=O)c1C[NH+]1CCCC1. The maximum Gasteiger partial charge on any atom is 0.198 e. The minimum absolute atomic E-state index is 0.133. The molecule has 4 heteroatoms. The van der Waals surface area contributed by atoms with Crippen molar-refractivity contribution in [2.45, 2.75) is 26.3 Å². The summed E-state index contributed by atoms with van der Waals surface area (Å²) in [6, 6.07) is 5.49. The molecule has 19 heavy (non-hydrogen) atoms. The number of nitrogens with one attached hydrogen (secondary N) is 2. The van der Waals surface area contributed by atoms with Gasteiger partial charge in [0.2, 0.25) is 0 Å². The Bertz CT molecular complexity index is 672. The largest absolute Gasteiger partial charge is 0.357 e. The molecule has 0 atom stereocenters. The van der Waals surface area contributed by atoms with Gasteiger partial charge in [-0.1, -0.05) is 17.7 Å². The number of aromatic amines is 1. The monoisotopic (exact) mass is 277 g/mol. The number of halogens is 1. The topological polar surface area (TPSA) is 37.3 Å². The van der Waals surface area contributed by atoms with E-state index in [4.69, 9.17) is 11.6 Å². The summed E-state index contributed by atoms with van der Waals surface area (Å²) in [7, 11) is 0. The van der Waals surface area contributed by atoms with Crippen LogP contribution in [0.4, 0.5) is 0 Å². The minimum atomic E-state index is 0.133. The van der Waals surface area contributed by atoms with Crippen LogP contribution in [-0.2, 0) is 6.54 Å². The number of rotatable bonds is 2. The van der Waals surface area contributed by atoms with Crippen LogP contribution in [0.25, 0.3) is 10.9 Å². The zero-order valence-corrected chi connectivity index (χ0v) is 11.8. The first-order valence-electron chi connectivity index (χ1n) is 6.80. The van der Waals surface area contributed by atoms with Crippen LogP contribution in [0.3, 0.4) is 0 Å². The molecule has 100 valence electrons. The zero-order valence-electron chi connectivity index (χ0n) is 11.1. The van der Waals surface area contributed by atoms with Gasteiger partial charge in [0.25, 0.3) is 0 Å². The molecule has 3 rings (SSSR count). The van der Waals surface area contributed by atoms with Crippen molar-refractivity contribution in [3.8, 4) is 0 Å². The smallest absolute Gasteiger partial charge is 0.198 e. The van der Waals surface area contributed by atoms with Crippen LogP contribution in [0.1, 0.15) is 24.1 Å². The van der Waals surface area contributed by atoms with Crippen LogP contribution in [-0.4, -0.2) is 18.1 Å². The van der Waals surface area contributed by atoms with Gasteiger partial charge in [-0.2, -0.15) is 0 Å². The predicted molar refractivity (Wildman–Crippen MR) is 78.0 cm³/mol. The van der Waals surface area contributed by atoms with Crippen molar-refractivity contribution in [3.05, 3.63) is 44.7 Å². The average Bonchev–Trinajstić information content (AvgIpc) is 2.89. The third kappa shape index (κ3) is 2.28. The summed E-state index contributed by atoms with van der Waals surface area (Å²) in [5, 5.41) is 1.31. The number of H-pyrrole nitrogens is 1. The van der Waals surface area contributed by atoms with Gasteiger partial charge in [-0.3, -0.25) is 4.79 Å². The Morgan fingerprint density at radius 2 is 2.05 bits per heavy atom. The van der Waals surface area contributed by atoms with Crippen LogP contribution in [0, 0.1) is 6.92 Å². The van der Waals surface area contributed by atoms with Gasteiger partial charge in [0, 0.05) is 23.9 Å². The maximum absolute atomic E-state index is 12.6. The van der Waals surface area contributed by atoms with Gasteiger partial charge in [0.1, 0.15) is 6.54 Å². The molecule has 0 bridgehead atoms. The average molecular weight is 278 g/mol. The Balaban J connectivity index is 2.12. The Kier molecular flexibility index (Phi) is 3.33. The molecule has 1 fully saturated rings. The Morgan fingerprint density at radius 3 is 2.79 bits per heavy atom. The molecule has 0 aliphatic carbocycles. The number of benzene rings is 1. The van der Waals surface area contributed by atoms with E-state index in [0.29, 0.717) is 10.4 Å². The predicted octanol–water partition coefficient (Wildman–Crippen LogP) is 1.67. The summed E-state index contributed by atoms with van der Waals surface area (Å²) in [6.45, 7) is 5.14. The lowest BCUT2D eigenvalue weighted by Crippen LogP contribution is -3.08. The second kappa shape index (κ2) is 4.99. The maximum atomic E-state index is 12.6. The van der Waals surface area contributed by atoms with Gasteiger partial charge in [-0.05, 0) is 19.1 Å². The van der Waals surface area contributed by atoms with Crippen LogP contribution < -0.4 is 10.3 Å². The lowest BCUT2D eigenvalue weighted by Gasteiger charge is -2.14. The van der Waals surface area contributed by atoms with Crippen molar-refractivity contribution >= 4 is 22.5 Å². The summed E-state index contributed by atoms with van der Waals surface area (Å²) < 4.78 is 0. The summed E-state index contributed by atoms with van der Waals surface area (Å²) in [5.74, 6) is 0. The standard InChI is InChI=1S/C15H17ClN2O/c1-10-12(9-18-7-2-3-8-18)15(19)11-5-4-6-13(16)14(11)17-10/h4-6H,2-3,7-9H2,1H3,(H,17,19)/p+1. The van der Waals surface area contributed by atoms with Gasteiger partial charge < -0.3 is 9.88 Å². The number of para-hydroxylation sites is 1. The molecule has 1 aliphatic heterocycles. The molecule has 2 N–H and O–H groups in total. The highest BCUT2D eigenvalue weighted by atomic mass is 35.5. The lowest BCUT2D eigenvalue weighted by molar-refractivity contribution is -0.901. The van der Waals surface area contributed by atoms with Crippen molar-refractivity contribution in [3.63, 3.8) is 0 Å². The summed E-state index contributed by atoms with van der Waals surface area (Å²) in [6.07, 6.45) is 2.54. The van der Waals surface area contributed by atoms with Crippen molar-refractivity contribution < 1.29 is 4.90 Å². The molecule has 1 aliphatic rings. The van der Waals surface area contributed by atoms with E-state index in [1.807, 2.05) is 25.1 Å². The second-order valence-corrected chi connectivity index (χ2v) is 5.76. The number of hydrogen-bond donors (Lipinski definition) is 2. The molecule has 2 heterocycles. The molecule has 0 amide bonds. The van der Waals surface area contributed by atoms with Crippen molar-refractivity contribution in [2.75, 3.05) is 13.1 Å². The first-order chi connectivity index (χ1) is 9.16. The highest BCUT2D eigenvalue weighted by Gasteiger charge is 2.20. The molecule has 2 aromatic rings. The first-order valence-corrected chi connectivity index (χ1v) is 7.18. The number of hydrogen-bond acceptors (Lipinski definition) is 1. The zero-order chi connectivity index (χ0) is 13.4. The van der Waals surface area contributed by atoms with E-state index in [0.717, 1.165) is 23.3 Å². The van der Waals surface area contributed by atoms with Crippen molar-refractivity contribution in [1.29, 1.82) is 0 Å². The molecule has 0 radical (unpaired) electrons. The molecule has 1 aromatic carbocycles. The number of fused-ring (bicyclic) bond motifs is 1. The fraction of sp³-hybridized carbons (Fsp3) is 0.400. The fourth-order valence-electron chi connectivity index (χ4n) is 2.95. The van der Waals surface area contributed by atoms with E-state index in [2.05, 4.69) is 4.98 Å². The Labute approximate surface area is 117 Å². The van der Waals surface area contributed by atoms with Crippen molar-refractivity contribution in [2.24, 2.45) is 0 Å². The lowest BCUT2D eigenvalue weighted by atomic mass is 10.1. The molecular formula is C15H18ClN2O+. The van der Waals surface area contributed by atoms with Gasteiger partial charge in [-0.15, -0.1) is 0 Å². The molecule has 1 saturated heterocycles. The van der Waals surface area contributed by atoms with E-state index in [9.17, 15) is 4.79 Å². The van der Waals surface area contributed by atoms with Crippen LogP contribution in [0.15, 0.2) is 23.0 Å². The van der Waals surface area contributed by atoms with Gasteiger partial charge in [-0.25, -0.2) is 0 Å². The van der Waals surface area contributed by atoms with E-state index in [-0.39, 0.29) is 5.43 Å². The second-order valence-electron chi connectivity index (χ2n) is 5.35. The number of aryl methyl sites for hydroxylation is 1. The normalized spacial score (nSPS) is 16.3. The molecule has 0 spiro atoms. The number of quaternary nitrogens is 1. The Morgan fingerprint density at radius 1 is 1.32 bits per heavy atom. The van der Waals surface area contributed by atoms with Crippen LogP contribution in [0.5, 0.6) is 0 Å². The summed E-state index contributed by atoms with van der Waals surface area (Å²) in [4.78, 5) is 17.4. The number of aromatic nitrogens is 1.